The zero-order valence-corrected chi connectivity index (χ0v) is 14.7. The Labute approximate surface area is 146 Å². The molecule has 0 saturated heterocycles. The Morgan fingerprint density at radius 1 is 0.875 bits per heavy atom. The molecule has 1 fully saturated rings. The molecule has 0 bridgehead atoms. The maximum Gasteiger partial charge on any atom is 0.0240 e. The molecule has 24 heavy (non-hydrogen) atoms. The van der Waals surface area contributed by atoms with Crippen LogP contribution in [-0.4, -0.2) is 10.9 Å². The van der Waals surface area contributed by atoms with Crippen molar-refractivity contribution in [1.82, 2.24) is 4.90 Å². The molecule has 1 aliphatic carbocycles. The van der Waals surface area contributed by atoms with Gasteiger partial charge >= 0.3 is 0 Å². The number of rotatable bonds is 7. The molecule has 2 aromatic rings. The second-order valence-corrected chi connectivity index (χ2v) is 7.00. The van der Waals surface area contributed by atoms with Crippen molar-refractivity contribution >= 4 is 0 Å². The van der Waals surface area contributed by atoms with E-state index in [1.807, 2.05) is 0 Å². The third-order valence-corrected chi connectivity index (χ3v) is 4.77. The summed E-state index contributed by atoms with van der Waals surface area (Å²) in [5, 5.41) is 0. The quantitative estimate of drug-likeness (QED) is 0.613. The first-order chi connectivity index (χ1) is 11.7. The van der Waals surface area contributed by atoms with E-state index in [0.29, 0.717) is 17.9 Å². The van der Waals surface area contributed by atoms with Gasteiger partial charge in [-0.2, -0.15) is 0 Å². The second-order valence-electron chi connectivity index (χ2n) is 7.00. The summed E-state index contributed by atoms with van der Waals surface area (Å²) in [5.74, 6) is 1.16. The minimum atomic E-state index is 0.554. The van der Waals surface area contributed by atoms with Crippen molar-refractivity contribution in [3.05, 3.63) is 96.1 Å². The van der Waals surface area contributed by atoms with E-state index in [4.69, 9.17) is 0 Å². The molecule has 2 aromatic carbocycles. The molecule has 1 heteroatoms. The van der Waals surface area contributed by atoms with Gasteiger partial charge < -0.3 is 0 Å². The Morgan fingerprint density at radius 2 is 1.38 bits per heavy atom. The molecule has 0 N–H and O–H groups in total. The minimum Gasteiger partial charge on any atom is -0.291 e. The molecule has 0 spiro atoms. The highest BCUT2D eigenvalue weighted by Gasteiger charge is 2.49. The van der Waals surface area contributed by atoms with Crippen LogP contribution in [0.2, 0.25) is 0 Å². The molecule has 0 heterocycles. The molecule has 0 unspecified atom stereocenters. The molecule has 124 valence electrons. The first-order valence-corrected chi connectivity index (χ1v) is 8.78. The highest BCUT2D eigenvalue weighted by atomic mass is 15.2. The summed E-state index contributed by atoms with van der Waals surface area (Å²) in [6.45, 7) is 10.4. The number of hydrogen-bond donors (Lipinski definition) is 0. The van der Waals surface area contributed by atoms with Crippen molar-refractivity contribution in [2.45, 2.75) is 33.0 Å². The van der Waals surface area contributed by atoms with Crippen LogP contribution < -0.4 is 0 Å². The topological polar surface area (TPSA) is 3.24 Å². The third-order valence-electron chi connectivity index (χ3n) is 4.77. The number of benzene rings is 2. The van der Waals surface area contributed by atoms with Gasteiger partial charge in [-0.05, 0) is 25.0 Å². The fraction of sp³-hybridized carbons (Fsp3) is 0.304. The van der Waals surface area contributed by atoms with Crippen molar-refractivity contribution in [2.24, 2.45) is 11.8 Å². The molecular formula is C23H27N. The molecular weight excluding hydrogens is 290 g/mol. The smallest absolute Gasteiger partial charge is 0.0240 e. The van der Waals surface area contributed by atoms with E-state index in [9.17, 15) is 0 Å². The van der Waals surface area contributed by atoms with Crippen LogP contribution >= 0.6 is 0 Å². The lowest BCUT2D eigenvalue weighted by Crippen LogP contribution is -2.27. The van der Waals surface area contributed by atoms with Crippen molar-refractivity contribution < 1.29 is 0 Å². The lowest BCUT2D eigenvalue weighted by molar-refractivity contribution is 0.233. The second kappa shape index (κ2) is 7.63. The van der Waals surface area contributed by atoms with E-state index in [0.717, 1.165) is 13.1 Å². The molecule has 3 rings (SSSR count). The van der Waals surface area contributed by atoms with Gasteiger partial charge in [-0.25, -0.2) is 0 Å². The maximum absolute atomic E-state index is 4.07. The summed E-state index contributed by atoms with van der Waals surface area (Å²) in [7, 11) is 0. The lowest BCUT2D eigenvalue weighted by atomic mass is 10.1. The average molecular weight is 317 g/mol. The highest BCUT2D eigenvalue weighted by Crippen LogP contribution is 2.46. The summed E-state index contributed by atoms with van der Waals surface area (Å²) < 4.78 is 0. The Balaban J connectivity index is 1.82. The average Bonchev–Trinajstić information content (AvgIpc) is 3.28. The SMILES string of the molecule is C=C[C@H]1[C@@H](C=C(C)C)[C@@H]1N(Cc1ccccc1)Cc1ccccc1. The summed E-state index contributed by atoms with van der Waals surface area (Å²) in [6.07, 6.45) is 4.55. The molecule has 0 radical (unpaired) electrons. The van der Waals surface area contributed by atoms with Crippen molar-refractivity contribution in [2.75, 3.05) is 0 Å². The van der Waals surface area contributed by atoms with Gasteiger partial charge in [-0.1, -0.05) is 78.4 Å². The van der Waals surface area contributed by atoms with Crippen LogP contribution in [0.1, 0.15) is 25.0 Å². The highest BCUT2D eigenvalue weighted by molar-refractivity contribution is 5.24. The summed E-state index contributed by atoms with van der Waals surface area (Å²) >= 11 is 0. The van der Waals surface area contributed by atoms with Crippen LogP contribution in [0, 0.1) is 11.8 Å². The van der Waals surface area contributed by atoms with Gasteiger partial charge in [0.1, 0.15) is 0 Å². The predicted molar refractivity (Wildman–Crippen MR) is 103 cm³/mol. The first-order valence-electron chi connectivity index (χ1n) is 8.78. The Kier molecular flexibility index (Phi) is 5.32. The monoisotopic (exact) mass is 317 g/mol. The number of hydrogen-bond acceptors (Lipinski definition) is 1. The zero-order chi connectivity index (χ0) is 16.9. The van der Waals surface area contributed by atoms with Gasteiger partial charge in [0, 0.05) is 31.0 Å². The third kappa shape index (κ3) is 4.04. The van der Waals surface area contributed by atoms with Crippen molar-refractivity contribution in [3.63, 3.8) is 0 Å². The fourth-order valence-corrected chi connectivity index (χ4v) is 3.62. The Morgan fingerprint density at radius 3 is 1.79 bits per heavy atom. The molecule has 0 amide bonds. The van der Waals surface area contributed by atoms with Gasteiger partial charge in [0.15, 0.2) is 0 Å². The van der Waals surface area contributed by atoms with Gasteiger partial charge in [0.2, 0.25) is 0 Å². The van der Waals surface area contributed by atoms with Gasteiger partial charge in [-0.3, -0.25) is 4.90 Å². The van der Waals surface area contributed by atoms with Gasteiger partial charge in [0.25, 0.3) is 0 Å². The predicted octanol–water partition coefficient (Wildman–Crippen LogP) is 5.46. The van der Waals surface area contributed by atoms with E-state index >= 15 is 0 Å². The van der Waals surface area contributed by atoms with Crippen LogP contribution in [0.4, 0.5) is 0 Å². The van der Waals surface area contributed by atoms with E-state index in [1.165, 1.54) is 16.7 Å². The van der Waals surface area contributed by atoms with Crippen LogP contribution in [0.5, 0.6) is 0 Å². The van der Waals surface area contributed by atoms with E-state index in [1.54, 1.807) is 0 Å². The molecule has 0 aromatic heterocycles. The van der Waals surface area contributed by atoms with Gasteiger partial charge in [0.05, 0.1) is 0 Å². The standard InChI is InChI=1S/C23H27N/c1-4-21-22(15-18(2)3)23(21)24(16-19-11-7-5-8-12-19)17-20-13-9-6-10-14-20/h4-15,21-23H,1,16-17H2,2-3H3/t21-,22+,23+/m0/s1. The largest absolute Gasteiger partial charge is 0.291 e. The number of nitrogens with zero attached hydrogens (tertiary/aromatic N) is 1. The van der Waals surface area contributed by atoms with Crippen molar-refractivity contribution in [1.29, 1.82) is 0 Å². The van der Waals surface area contributed by atoms with E-state index < -0.39 is 0 Å². The Hall–Kier alpha value is -2.12. The molecule has 0 aliphatic heterocycles. The fourth-order valence-electron chi connectivity index (χ4n) is 3.62. The molecule has 1 saturated carbocycles. The Bertz CT molecular complexity index is 641. The normalized spacial score (nSPS) is 22.2. The lowest BCUT2D eigenvalue weighted by Gasteiger charge is -2.23. The molecule has 1 aliphatic rings. The molecule has 3 atom stereocenters. The zero-order valence-electron chi connectivity index (χ0n) is 14.7. The van der Waals surface area contributed by atoms with Gasteiger partial charge in [-0.15, -0.1) is 6.58 Å². The summed E-state index contributed by atoms with van der Waals surface area (Å²) in [6, 6.07) is 22.1. The number of allylic oxidation sites excluding steroid dienone is 1. The summed E-state index contributed by atoms with van der Waals surface area (Å²) in [4.78, 5) is 2.61. The maximum atomic E-state index is 4.07. The van der Waals surface area contributed by atoms with Crippen LogP contribution in [0.3, 0.4) is 0 Å². The van der Waals surface area contributed by atoms with Crippen LogP contribution in [0.25, 0.3) is 0 Å². The van der Waals surface area contributed by atoms with Crippen LogP contribution in [0.15, 0.2) is 85.0 Å². The van der Waals surface area contributed by atoms with E-state index in [-0.39, 0.29) is 0 Å². The summed E-state index contributed by atoms with van der Waals surface area (Å²) in [5.41, 5.74) is 4.15. The van der Waals surface area contributed by atoms with Crippen LogP contribution in [-0.2, 0) is 13.1 Å². The first kappa shape index (κ1) is 16.7. The minimum absolute atomic E-state index is 0.554. The van der Waals surface area contributed by atoms with Crippen molar-refractivity contribution in [3.8, 4) is 0 Å². The molecule has 1 nitrogen and oxygen atoms in total. The van der Waals surface area contributed by atoms with E-state index in [2.05, 4.69) is 98.1 Å².